The molecule has 6 heteroatoms. The standard InChI is InChI=1S/C10H12BrNO3S/c1-6-5-7(16-9(6)11)10(14)12-4-3-8(13)15-2/h5H,3-4H2,1-2H3,(H,12,14). The van der Waals surface area contributed by atoms with E-state index in [9.17, 15) is 9.59 Å². The summed E-state index contributed by atoms with van der Waals surface area (Å²) in [6.07, 6.45) is 0.188. The molecule has 1 N–H and O–H groups in total. The van der Waals surface area contributed by atoms with E-state index in [2.05, 4.69) is 26.0 Å². The number of nitrogens with one attached hydrogen (secondary N) is 1. The second-order valence-corrected chi connectivity index (χ2v) is 5.52. The number of ether oxygens (including phenoxy) is 1. The van der Waals surface area contributed by atoms with Crippen LogP contribution in [0.4, 0.5) is 0 Å². The summed E-state index contributed by atoms with van der Waals surface area (Å²) in [5, 5.41) is 2.65. The van der Waals surface area contributed by atoms with Gasteiger partial charge in [0.2, 0.25) is 0 Å². The van der Waals surface area contributed by atoms with Crippen LogP contribution < -0.4 is 5.32 Å². The largest absolute Gasteiger partial charge is 0.469 e. The molecule has 0 aliphatic heterocycles. The lowest BCUT2D eigenvalue weighted by Gasteiger charge is -2.01. The zero-order valence-electron chi connectivity index (χ0n) is 9.00. The van der Waals surface area contributed by atoms with Crippen molar-refractivity contribution in [2.75, 3.05) is 13.7 Å². The summed E-state index contributed by atoms with van der Waals surface area (Å²) in [7, 11) is 1.32. The maximum absolute atomic E-state index is 11.6. The average Bonchev–Trinajstić information content (AvgIpc) is 2.59. The number of methoxy groups -OCH3 is 1. The molecule has 0 aromatic carbocycles. The predicted octanol–water partition coefficient (Wildman–Crippen LogP) is 2.11. The van der Waals surface area contributed by atoms with E-state index in [0.29, 0.717) is 11.4 Å². The normalized spacial score (nSPS) is 9.94. The molecule has 0 aliphatic rings. The third kappa shape index (κ3) is 3.61. The first kappa shape index (κ1) is 13.2. The van der Waals surface area contributed by atoms with Crippen molar-refractivity contribution in [1.82, 2.24) is 5.32 Å². The average molecular weight is 306 g/mol. The maximum Gasteiger partial charge on any atom is 0.307 e. The van der Waals surface area contributed by atoms with Gasteiger partial charge in [0.05, 0.1) is 22.2 Å². The van der Waals surface area contributed by atoms with Gasteiger partial charge < -0.3 is 10.1 Å². The minimum atomic E-state index is -0.330. The summed E-state index contributed by atoms with van der Waals surface area (Å²) in [5.41, 5.74) is 1.03. The van der Waals surface area contributed by atoms with Gasteiger partial charge in [0, 0.05) is 6.54 Å². The van der Waals surface area contributed by atoms with Gasteiger partial charge in [-0.1, -0.05) is 0 Å². The fourth-order valence-corrected chi connectivity index (χ4v) is 2.49. The van der Waals surface area contributed by atoms with Gasteiger partial charge in [0.15, 0.2) is 0 Å². The van der Waals surface area contributed by atoms with Crippen molar-refractivity contribution < 1.29 is 14.3 Å². The first-order valence-corrected chi connectivity index (χ1v) is 6.26. The number of aryl methyl sites for hydroxylation is 1. The number of carbonyl (C=O) groups excluding carboxylic acids is 2. The lowest BCUT2D eigenvalue weighted by atomic mass is 10.3. The van der Waals surface area contributed by atoms with Gasteiger partial charge in [0.25, 0.3) is 5.91 Å². The Hall–Kier alpha value is -0.880. The topological polar surface area (TPSA) is 55.4 Å². The van der Waals surface area contributed by atoms with Crippen LogP contribution in [0.15, 0.2) is 9.85 Å². The third-order valence-corrected chi connectivity index (χ3v) is 4.06. The van der Waals surface area contributed by atoms with Crippen molar-refractivity contribution in [3.05, 3.63) is 20.3 Å². The number of amides is 1. The molecule has 4 nitrogen and oxygen atoms in total. The van der Waals surface area contributed by atoms with Gasteiger partial charge in [-0.25, -0.2) is 0 Å². The molecule has 0 saturated heterocycles. The van der Waals surface area contributed by atoms with Crippen LogP contribution in [-0.4, -0.2) is 25.5 Å². The molecule has 0 fully saturated rings. The highest BCUT2D eigenvalue weighted by atomic mass is 79.9. The fourth-order valence-electron chi connectivity index (χ4n) is 1.04. The van der Waals surface area contributed by atoms with Crippen LogP contribution >= 0.6 is 27.3 Å². The summed E-state index contributed by atoms with van der Waals surface area (Å²) in [5.74, 6) is -0.494. The van der Waals surface area contributed by atoms with E-state index in [4.69, 9.17) is 0 Å². The van der Waals surface area contributed by atoms with Crippen LogP contribution in [0, 0.1) is 6.92 Å². The molecule has 88 valence electrons. The summed E-state index contributed by atoms with van der Waals surface area (Å²) in [6.45, 7) is 2.21. The monoisotopic (exact) mass is 305 g/mol. The lowest BCUT2D eigenvalue weighted by molar-refractivity contribution is -0.140. The minimum absolute atomic E-state index is 0.164. The summed E-state index contributed by atoms with van der Waals surface area (Å²) < 4.78 is 5.42. The smallest absolute Gasteiger partial charge is 0.307 e. The first-order valence-electron chi connectivity index (χ1n) is 4.65. The van der Waals surface area contributed by atoms with Crippen LogP contribution in [0.5, 0.6) is 0 Å². The molecule has 16 heavy (non-hydrogen) atoms. The Balaban J connectivity index is 2.44. The molecule has 0 aliphatic carbocycles. The van der Waals surface area contributed by atoms with Crippen molar-refractivity contribution in [3.8, 4) is 0 Å². The highest BCUT2D eigenvalue weighted by molar-refractivity contribution is 9.11. The number of thiophene rings is 1. The molecule has 0 atom stereocenters. The van der Waals surface area contributed by atoms with Crippen LogP contribution in [-0.2, 0) is 9.53 Å². The van der Waals surface area contributed by atoms with Gasteiger partial charge >= 0.3 is 5.97 Å². The lowest BCUT2D eigenvalue weighted by Crippen LogP contribution is -2.25. The molecule has 0 bridgehead atoms. The van der Waals surface area contributed by atoms with Crippen molar-refractivity contribution >= 4 is 39.1 Å². The molecule has 1 amide bonds. The van der Waals surface area contributed by atoms with Crippen molar-refractivity contribution in [2.24, 2.45) is 0 Å². The van der Waals surface area contributed by atoms with E-state index >= 15 is 0 Å². The molecule has 0 unspecified atom stereocenters. The quantitative estimate of drug-likeness (QED) is 0.867. The molecule has 0 spiro atoms. The molecular weight excluding hydrogens is 294 g/mol. The number of hydrogen-bond donors (Lipinski definition) is 1. The van der Waals surface area contributed by atoms with E-state index in [1.54, 1.807) is 0 Å². The molecular formula is C10H12BrNO3S. The fraction of sp³-hybridized carbons (Fsp3) is 0.400. The summed E-state index contributed by atoms with van der Waals surface area (Å²) >= 11 is 4.73. The highest BCUT2D eigenvalue weighted by Gasteiger charge is 2.11. The molecule has 1 heterocycles. The van der Waals surface area contributed by atoms with E-state index in [0.717, 1.165) is 9.35 Å². The Morgan fingerprint density at radius 3 is 2.75 bits per heavy atom. The second kappa shape index (κ2) is 6.00. The number of hydrogen-bond acceptors (Lipinski definition) is 4. The van der Waals surface area contributed by atoms with E-state index in [1.165, 1.54) is 18.4 Å². The Bertz CT molecular complexity index is 383. The van der Waals surface area contributed by atoms with Crippen LogP contribution in [0.25, 0.3) is 0 Å². The SMILES string of the molecule is COC(=O)CCNC(=O)c1cc(C)c(Br)s1. The molecule has 1 aromatic rings. The number of rotatable bonds is 4. The molecule has 0 radical (unpaired) electrons. The zero-order valence-corrected chi connectivity index (χ0v) is 11.4. The predicted molar refractivity (Wildman–Crippen MR) is 65.7 cm³/mol. The van der Waals surface area contributed by atoms with Crippen LogP contribution in [0.2, 0.25) is 0 Å². The van der Waals surface area contributed by atoms with Crippen molar-refractivity contribution in [3.63, 3.8) is 0 Å². The van der Waals surface area contributed by atoms with Gasteiger partial charge in [-0.2, -0.15) is 0 Å². The van der Waals surface area contributed by atoms with E-state index in [-0.39, 0.29) is 18.3 Å². The van der Waals surface area contributed by atoms with Crippen LogP contribution in [0.1, 0.15) is 21.7 Å². The van der Waals surface area contributed by atoms with E-state index < -0.39 is 0 Å². The summed E-state index contributed by atoms with van der Waals surface area (Å²) in [6, 6.07) is 1.81. The number of carbonyl (C=O) groups is 2. The third-order valence-electron chi connectivity index (χ3n) is 1.92. The molecule has 0 saturated carbocycles. The Morgan fingerprint density at radius 1 is 1.56 bits per heavy atom. The van der Waals surface area contributed by atoms with Crippen molar-refractivity contribution in [1.29, 1.82) is 0 Å². The zero-order chi connectivity index (χ0) is 12.1. The number of halogens is 1. The minimum Gasteiger partial charge on any atom is -0.469 e. The van der Waals surface area contributed by atoms with E-state index in [1.807, 2.05) is 13.0 Å². The molecule has 1 aromatic heterocycles. The Labute approximate surface area is 106 Å². The molecule has 1 rings (SSSR count). The Morgan fingerprint density at radius 2 is 2.25 bits per heavy atom. The highest BCUT2D eigenvalue weighted by Crippen LogP contribution is 2.27. The number of esters is 1. The van der Waals surface area contributed by atoms with Crippen molar-refractivity contribution in [2.45, 2.75) is 13.3 Å². The second-order valence-electron chi connectivity index (χ2n) is 3.15. The maximum atomic E-state index is 11.6. The summed E-state index contributed by atoms with van der Waals surface area (Å²) in [4.78, 5) is 23.0. The first-order chi connectivity index (χ1) is 7.54. The van der Waals surface area contributed by atoms with Crippen LogP contribution in [0.3, 0.4) is 0 Å². The van der Waals surface area contributed by atoms with Gasteiger partial charge in [-0.3, -0.25) is 9.59 Å². The van der Waals surface area contributed by atoms with Gasteiger partial charge in [0.1, 0.15) is 0 Å². The van der Waals surface area contributed by atoms with Gasteiger partial charge in [-0.05, 0) is 34.5 Å². The Kier molecular flexibility index (Phi) is 4.95. The van der Waals surface area contributed by atoms with Gasteiger partial charge in [-0.15, -0.1) is 11.3 Å².